The van der Waals surface area contributed by atoms with Gasteiger partial charge < -0.3 is 10.6 Å². The zero-order valence-electron chi connectivity index (χ0n) is 11.8. The van der Waals surface area contributed by atoms with Crippen LogP contribution in [0.15, 0.2) is 23.1 Å². The van der Waals surface area contributed by atoms with E-state index in [0.717, 1.165) is 25.2 Å². The number of rotatable bonds is 6. The Hall–Kier alpha value is -1.27. The third-order valence-corrected chi connectivity index (χ3v) is 4.19. The Morgan fingerprint density at radius 1 is 1.32 bits per heavy atom. The van der Waals surface area contributed by atoms with E-state index in [1.807, 2.05) is 0 Å². The molecule has 1 rings (SSSR count). The molecule has 0 aliphatic heterocycles. The van der Waals surface area contributed by atoms with E-state index < -0.39 is 10.0 Å². The molecule has 0 aliphatic rings. The molecule has 0 amide bonds. The molecule has 1 aromatic carbocycles. The molecular weight excluding hydrogens is 262 g/mol. The Morgan fingerprint density at radius 3 is 2.37 bits per heavy atom. The van der Waals surface area contributed by atoms with Crippen LogP contribution in [0.3, 0.4) is 0 Å². The molecule has 0 spiro atoms. The summed E-state index contributed by atoms with van der Waals surface area (Å²) in [4.78, 5) is 2.20. The first-order chi connectivity index (χ1) is 8.79. The van der Waals surface area contributed by atoms with Gasteiger partial charge in [-0.3, -0.25) is 0 Å². The fourth-order valence-electron chi connectivity index (χ4n) is 1.90. The van der Waals surface area contributed by atoms with Crippen molar-refractivity contribution in [3.05, 3.63) is 18.2 Å². The molecule has 0 saturated heterocycles. The molecule has 0 radical (unpaired) electrons. The summed E-state index contributed by atoms with van der Waals surface area (Å²) in [5, 5.41) is 5.09. The molecular formula is C13H23N3O2S. The maximum Gasteiger partial charge on any atom is 0.238 e. The second-order valence-electron chi connectivity index (χ2n) is 4.82. The zero-order chi connectivity index (χ0) is 14.6. The van der Waals surface area contributed by atoms with Crippen molar-refractivity contribution in [3.63, 3.8) is 0 Å². The van der Waals surface area contributed by atoms with E-state index >= 15 is 0 Å². The lowest BCUT2D eigenvalue weighted by Crippen LogP contribution is -2.29. The van der Waals surface area contributed by atoms with Crippen molar-refractivity contribution in [3.8, 4) is 0 Å². The zero-order valence-corrected chi connectivity index (χ0v) is 12.6. The monoisotopic (exact) mass is 285 g/mol. The molecule has 0 heterocycles. The highest BCUT2D eigenvalue weighted by molar-refractivity contribution is 7.89. The van der Waals surface area contributed by atoms with Gasteiger partial charge in [-0.15, -0.1) is 0 Å². The van der Waals surface area contributed by atoms with Crippen LogP contribution in [0.1, 0.15) is 27.2 Å². The minimum absolute atomic E-state index is 0.0494. The molecule has 4 N–H and O–H groups in total. The van der Waals surface area contributed by atoms with Crippen LogP contribution in [0.2, 0.25) is 0 Å². The molecule has 108 valence electrons. The van der Waals surface area contributed by atoms with Gasteiger partial charge in [0.05, 0.1) is 16.3 Å². The molecule has 19 heavy (non-hydrogen) atoms. The molecule has 0 aliphatic carbocycles. The van der Waals surface area contributed by atoms with E-state index in [-0.39, 0.29) is 4.90 Å². The topological polar surface area (TPSA) is 89.4 Å². The van der Waals surface area contributed by atoms with Crippen LogP contribution in [-0.4, -0.2) is 21.5 Å². The smallest absolute Gasteiger partial charge is 0.238 e. The number of hydrogen-bond acceptors (Lipinski definition) is 4. The lowest BCUT2D eigenvalue weighted by atomic mass is 10.1. The summed E-state index contributed by atoms with van der Waals surface area (Å²) in [5.41, 5.74) is 7.25. The van der Waals surface area contributed by atoms with Crippen LogP contribution >= 0.6 is 0 Å². The van der Waals surface area contributed by atoms with Crippen molar-refractivity contribution in [1.29, 1.82) is 0 Å². The van der Waals surface area contributed by atoms with Crippen LogP contribution in [-0.2, 0) is 10.0 Å². The molecule has 1 aromatic rings. The number of benzene rings is 1. The van der Waals surface area contributed by atoms with Crippen LogP contribution in [0.5, 0.6) is 0 Å². The fraction of sp³-hybridized carbons (Fsp3) is 0.538. The first-order valence-corrected chi connectivity index (χ1v) is 8.01. The number of nitrogens with zero attached hydrogens (tertiary/aromatic N) is 1. The molecule has 1 unspecified atom stereocenters. The normalized spacial score (nSPS) is 13.3. The number of nitrogen functional groups attached to an aromatic ring is 1. The summed E-state index contributed by atoms with van der Waals surface area (Å²) in [6.07, 6.45) is 1.09. The number of anilines is 2. The Kier molecular flexibility index (Phi) is 5.20. The van der Waals surface area contributed by atoms with E-state index in [4.69, 9.17) is 10.9 Å². The molecule has 0 fully saturated rings. The quantitative estimate of drug-likeness (QED) is 0.780. The minimum atomic E-state index is -3.70. The van der Waals surface area contributed by atoms with Crippen molar-refractivity contribution in [2.24, 2.45) is 11.1 Å². The molecule has 0 saturated carbocycles. The molecule has 5 nitrogen and oxygen atoms in total. The van der Waals surface area contributed by atoms with E-state index in [9.17, 15) is 8.42 Å². The van der Waals surface area contributed by atoms with Gasteiger partial charge in [0.2, 0.25) is 10.0 Å². The number of primary sulfonamides is 1. The molecule has 6 heteroatoms. The highest BCUT2D eigenvalue weighted by Gasteiger charge is 2.14. The number of hydrogen-bond donors (Lipinski definition) is 2. The lowest BCUT2D eigenvalue weighted by Gasteiger charge is -2.27. The van der Waals surface area contributed by atoms with E-state index in [1.54, 1.807) is 6.07 Å². The molecule has 0 aromatic heterocycles. The molecule has 1 atom stereocenters. The van der Waals surface area contributed by atoms with Crippen molar-refractivity contribution in [2.45, 2.75) is 32.1 Å². The summed E-state index contributed by atoms with van der Waals surface area (Å²) in [7, 11) is -3.70. The van der Waals surface area contributed by atoms with E-state index in [0.29, 0.717) is 11.6 Å². The highest BCUT2D eigenvalue weighted by Crippen LogP contribution is 2.26. The van der Waals surface area contributed by atoms with Gasteiger partial charge in [-0.05, 0) is 31.0 Å². The van der Waals surface area contributed by atoms with Crippen molar-refractivity contribution in [1.82, 2.24) is 0 Å². The average Bonchev–Trinajstić information content (AvgIpc) is 2.34. The van der Waals surface area contributed by atoms with Gasteiger partial charge in [-0.25, -0.2) is 13.6 Å². The Morgan fingerprint density at radius 2 is 1.95 bits per heavy atom. The van der Waals surface area contributed by atoms with Crippen LogP contribution < -0.4 is 15.8 Å². The first-order valence-electron chi connectivity index (χ1n) is 6.46. The SMILES string of the molecule is CCC(C)CN(CC)c1ccc(S(N)(=O)=O)cc1N. The van der Waals surface area contributed by atoms with Crippen LogP contribution in [0, 0.1) is 5.92 Å². The van der Waals surface area contributed by atoms with E-state index in [1.165, 1.54) is 12.1 Å². The Labute approximate surface area is 115 Å². The highest BCUT2D eigenvalue weighted by atomic mass is 32.2. The first kappa shape index (κ1) is 15.8. The second-order valence-corrected chi connectivity index (χ2v) is 6.38. The summed E-state index contributed by atoms with van der Waals surface area (Å²) >= 11 is 0. The Balaban J connectivity index is 3.06. The second kappa shape index (κ2) is 6.25. The van der Waals surface area contributed by atoms with Crippen molar-refractivity contribution >= 4 is 21.4 Å². The summed E-state index contributed by atoms with van der Waals surface area (Å²) in [6, 6.07) is 4.64. The van der Waals surface area contributed by atoms with Gasteiger partial charge >= 0.3 is 0 Å². The fourth-order valence-corrected chi connectivity index (χ4v) is 2.45. The van der Waals surface area contributed by atoms with Crippen molar-refractivity contribution < 1.29 is 8.42 Å². The third-order valence-electron chi connectivity index (χ3n) is 3.28. The molecule has 0 bridgehead atoms. The largest absolute Gasteiger partial charge is 0.397 e. The lowest BCUT2D eigenvalue weighted by molar-refractivity contribution is 0.548. The van der Waals surface area contributed by atoms with Gasteiger partial charge in [0.25, 0.3) is 0 Å². The maximum absolute atomic E-state index is 11.3. The summed E-state index contributed by atoms with van der Waals surface area (Å²) in [5.74, 6) is 0.553. The van der Waals surface area contributed by atoms with Gasteiger partial charge in [0, 0.05) is 13.1 Å². The van der Waals surface area contributed by atoms with Gasteiger partial charge in [-0.1, -0.05) is 20.3 Å². The predicted molar refractivity (Wildman–Crippen MR) is 79.6 cm³/mol. The van der Waals surface area contributed by atoms with Gasteiger partial charge in [-0.2, -0.15) is 0 Å². The standard InChI is InChI=1S/C13H23N3O2S/c1-4-10(3)9-16(5-2)13-7-6-11(8-12(13)14)19(15,17)18/h6-8,10H,4-5,9,14H2,1-3H3,(H2,15,17,18). The average molecular weight is 285 g/mol. The van der Waals surface area contributed by atoms with Crippen molar-refractivity contribution in [2.75, 3.05) is 23.7 Å². The van der Waals surface area contributed by atoms with E-state index in [2.05, 4.69) is 25.7 Å². The predicted octanol–water partition coefficient (Wildman–Crippen LogP) is 1.79. The van der Waals surface area contributed by atoms with Gasteiger partial charge in [0.1, 0.15) is 0 Å². The Bertz CT molecular complexity index is 529. The minimum Gasteiger partial charge on any atom is -0.397 e. The summed E-state index contributed by atoms with van der Waals surface area (Å²) < 4.78 is 22.5. The summed E-state index contributed by atoms with van der Waals surface area (Å²) in [6.45, 7) is 8.09. The third kappa shape index (κ3) is 4.11. The maximum atomic E-state index is 11.3. The number of sulfonamides is 1. The number of nitrogens with two attached hydrogens (primary N) is 2. The van der Waals surface area contributed by atoms with Crippen LogP contribution in [0.4, 0.5) is 11.4 Å². The van der Waals surface area contributed by atoms with Crippen LogP contribution in [0.25, 0.3) is 0 Å². The van der Waals surface area contributed by atoms with Gasteiger partial charge in [0.15, 0.2) is 0 Å².